The van der Waals surface area contributed by atoms with Gasteiger partial charge in [0.05, 0.1) is 6.04 Å². The van der Waals surface area contributed by atoms with Crippen molar-refractivity contribution in [3.8, 4) is 0 Å². The molecule has 0 radical (unpaired) electrons. The maximum Gasteiger partial charge on any atom is 0.0501 e. The normalized spacial score (nSPS) is 26.1. The van der Waals surface area contributed by atoms with E-state index in [9.17, 15) is 0 Å². The van der Waals surface area contributed by atoms with E-state index in [-0.39, 0.29) is 6.04 Å². The Morgan fingerprint density at radius 3 is 2.15 bits per heavy atom. The van der Waals surface area contributed by atoms with Crippen molar-refractivity contribution in [3.63, 3.8) is 0 Å². The van der Waals surface area contributed by atoms with E-state index in [2.05, 4.69) is 57.4 Å². The first-order valence-electron chi connectivity index (χ1n) is 7.96. The topological polar surface area (TPSA) is 38.0 Å². The Morgan fingerprint density at radius 2 is 1.70 bits per heavy atom. The van der Waals surface area contributed by atoms with Gasteiger partial charge in [-0.15, -0.1) is 0 Å². The molecule has 2 saturated carbocycles. The standard InChI is InChI=1S/C18H28N2/c1-17(2)16(18(17,3)4)15(20-19)14-11-6-5-10-13(14)12-8-7-9-12/h5-6,10-12,15-16,20H,7-9,19H2,1-4H3. The Balaban J connectivity index is 1.95. The fraction of sp³-hybridized carbons (Fsp3) is 0.667. The van der Waals surface area contributed by atoms with Crippen molar-refractivity contribution in [1.29, 1.82) is 0 Å². The number of nitrogens with one attached hydrogen (secondary N) is 1. The number of benzene rings is 1. The van der Waals surface area contributed by atoms with Gasteiger partial charge in [-0.1, -0.05) is 58.4 Å². The van der Waals surface area contributed by atoms with Crippen molar-refractivity contribution in [3.05, 3.63) is 35.4 Å². The van der Waals surface area contributed by atoms with Crippen molar-refractivity contribution in [2.45, 2.75) is 58.9 Å². The molecule has 0 bridgehead atoms. The number of hydrogen-bond donors (Lipinski definition) is 2. The van der Waals surface area contributed by atoms with Crippen molar-refractivity contribution in [2.24, 2.45) is 22.6 Å². The van der Waals surface area contributed by atoms with Crippen molar-refractivity contribution in [2.75, 3.05) is 0 Å². The Morgan fingerprint density at radius 1 is 1.10 bits per heavy atom. The molecule has 0 aliphatic heterocycles. The summed E-state index contributed by atoms with van der Waals surface area (Å²) < 4.78 is 0. The SMILES string of the molecule is CC1(C)C(C(NN)c2ccccc2C2CCC2)C1(C)C. The third kappa shape index (κ3) is 1.85. The molecule has 1 atom stereocenters. The summed E-state index contributed by atoms with van der Waals surface area (Å²) in [6, 6.07) is 9.20. The van der Waals surface area contributed by atoms with E-state index in [4.69, 9.17) is 5.84 Å². The smallest absolute Gasteiger partial charge is 0.0501 e. The Labute approximate surface area is 123 Å². The molecule has 20 heavy (non-hydrogen) atoms. The molecular formula is C18H28N2. The van der Waals surface area contributed by atoms with Gasteiger partial charge in [0.2, 0.25) is 0 Å². The molecule has 1 unspecified atom stereocenters. The predicted octanol–water partition coefficient (Wildman–Crippen LogP) is 4.14. The average molecular weight is 272 g/mol. The minimum atomic E-state index is 0.275. The molecule has 0 amide bonds. The van der Waals surface area contributed by atoms with Crippen LogP contribution in [0.25, 0.3) is 0 Å². The van der Waals surface area contributed by atoms with E-state index in [1.165, 1.54) is 30.4 Å². The van der Waals surface area contributed by atoms with Crippen LogP contribution in [0.5, 0.6) is 0 Å². The summed E-state index contributed by atoms with van der Waals surface area (Å²) in [5, 5.41) is 0. The summed E-state index contributed by atoms with van der Waals surface area (Å²) in [5.41, 5.74) is 6.78. The van der Waals surface area contributed by atoms with Gasteiger partial charge in [0, 0.05) is 0 Å². The molecule has 110 valence electrons. The molecule has 0 spiro atoms. The van der Waals surface area contributed by atoms with E-state index in [1.807, 2.05) is 0 Å². The fourth-order valence-electron chi connectivity index (χ4n) is 4.33. The fourth-order valence-corrected chi connectivity index (χ4v) is 4.33. The van der Waals surface area contributed by atoms with Crippen LogP contribution in [0.3, 0.4) is 0 Å². The monoisotopic (exact) mass is 272 g/mol. The Hall–Kier alpha value is -0.860. The second-order valence-corrected chi connectivity index (χ2v) is 7.82. The van der Waals surface area contributed by atoms with Crippen LogP contribution in [0, 0.1) is 16.7 Å². The van der Waals surface area contributed by atoms with Gasteiger partial charge in [0.15, 0.2) is 0 Å². The molecule has 1 aromatic carbocycles. The van der Waals surface area contributed by atoms with Gasteiger partial charge >= 0.3 is 0 Å². The van der Waals surface area contributed by atoms with Crippen molar-refractivity contribution in [1.82, 2.24) is 5.43 Å². The lowest BCUT2D eigenvalue weighted by molar-refractivity contribution is 0.388. The largest absolute Gasteiger partial charge is 0.271 e. The van der Waals surface area contributed by atoms with E-state index in [1.54, 1.807) is 0 Å². The predicted molar refractivity (Wildman–Crippen MR) is 84.2 cm³/mol. The lowest BCUT2D eigenvalue weighted by Crippen LogP contribution is -2.32. The summed E-state index contributed by atoms with van der Waals surface area (Å²) in [5.74, 6) is 7.32. The maximum atomic E-state index is 5.97. The van der Waals surface area contributed by atoms with Crippen LogP contribution < -0.4 is 11.3 Å². The van der Waals surface area contributed by atoms with Gasteiger partial charge in [-0.2, -0.15) is 0 Å². The van der Waals surface area contributed by atoms with E-state index in [0.717, 1.165) is 5.92 Å². The molecule has 0 saturated heterocycles. The number of hydrazine groups is 1. The van der Waals surface area contributed by atoms with E-state index < -0.39 is 0 Å². The first kappa shape index (κ1) is 14.1. The molecule has 2 aliphatic rings. The lowest BCUT2D eigenvalue weighted by atomic mass is 9.76. The highest BCUT2D eigenvalue weighted by molar-refractivity contribution is 5.37. The summed E-state index contributed by atoms with van der Waals surface area (Å²) in [7, 11) is 0. The zero-order valence-corrected chi connectivity index (χ0v) is 13.2. The molecule has 1 aromatic rings. The zero-order chi connectivity index (χ0) is 14.5. The molecule has 0 heterocycles. The molecule has 2 fully saturated rings. The van der Waals surface area contributed by atoms with Gasteiger partial charge in [-0.3, -0.25) is 11.3 Å². The van der Waals surface area contributed by atoms with Gasteiger partial charge < -0.3 is 0 Å². The second kappa shape index (κ2) is 4.57. The van der Waals surface area contributed by atoms with Crippen LogP contribution in [0.1, 0.15) is 70.0 Å². The molecular weight excluding hydrogens is 244 g/mol. The van der Waals surface area contributed by atoms with Gasteiger partial charge in [0.1, 0.15) is 0 Å². The van der Waals surface area contributed by atoms with E-state index >= 15 is 0 Å². The Bertz CT molecular complexity index is 486. The molecule has 2 nitrogen and oxygen atoms in total. The number of rotatable bonds is 4. The van der Waals surface area contributed by atoms with Crippen molar-refractivity contribution >= 4 is 0 Å². The number of nitrogens with two attached hydrogens (primary N) is 1. The molecule has 2 aliphatic carbocycles. The quantitative estimate of drug-likeness (QED) is 0.638. The number of hydrogen-bond acceptors (Lipinski definition) is 2. The van der Waals surface area contributed by atoms with E-state index in [0.29, 0.717) is 16.7 Å². The summed E-state index contributed by atoms with van der Waals surface area (Å²) in [4.78, 5) is 0. The minimum Gasteiger partial charge on any atom is -0.271 e. The van der Waals surface area contributed by atoms with Crippen LogP contribution in [0.2, 0.25) is 0 Å². The summed E-state index contributed by atoms with van der Waals surface area (Å²) in [6.45, 7) is 9.48. The third-order valence-electron chi connectivity index (χ3n) is 6.52. The highest BCUT2D eigenvalue weighted by atomic mass is 15.2. The third-order valence-corrected chi connectivity index (χ3v) is 6.52. The molecule has 3 N–H and O–H groups in total. The summed E-state index contributed by atoms with van der Waals surface area (Å²) in [6.07, 6.45) is 4.05. The first-order chi connectivity index (χ1) is 9.41. The highest BCUT2D eigenvalue weighted by Gasteiger charge is 2.67. The van der Waals surface area contributed by atoms with Crippen LogP contribution in [0.4, 0.5) is 0 Å². The minimum absolute atomic E-state index is 0.275. The lowest BCUT2D eigenvalue weighted by Gasteiger charge is -2.31. The van der Waals surface area contributed by atoms with Crippen LogP contribution in [-0.4, -0.2) is 0 Å². The first-order valence-corrected chi connectivity index (χ1v) is 7.96. The van der Waals surface area contributed by atoms with Gasteiger partial charge in [-0.25, -0.2) is 0 Å². The van der Waals surface area contributed by atoms with Gasteiger partial charge in [-0.05, 0) is 46.6 Å². The molecule has 3 rings (SSSR count). The maximum absolute atomic E-state index is 5.97. The molecule has 0 aromatic heterocycles. The van der Waals surface area contributed by atoms with Crippen LogP contribution in [0.15, 0.2) is 24.3 Å². The average Bonchev–Trinajstić information content (AvgIpc) is 2.73. The zero-order valence-electron chi connectivity index (χ0n) is 13.2. The second-order valence-electron chi connectivity index (χ2n) is 7.82. The Kier molecular flexibility index (Phi) is 3.22. The van der Waals surface area contributed by atoms with Crippen molar-refractivity contribution < 1.29 is 0 Å². The highest BCUT2D eigenvalue weighted by Crippen LogP contribution is 2.72. The van der Waals surface area contributed by atoms with Crippen LogP contribution in [-0.2, 0) is 0 Å². The van der Waals surface area contributed by atoms with Crippen LogP contribution >= 0.6 is 0 Å². The summed E-state index contributed by atoms with van der Waals surface area (Å²) >= 11 is 0. The molecule has 2 heteroatoms. The van der Waals surface area contributed by atoms with Gasteiger partial charge in [0.25, 0.3) is 0 Å².